The molecule has 0 fully saturated rings. The lowest BCUT2D eigenvalue weighted by Crippen LogP contribution is -2.39. The summed E-state index contributed by atoms with van der Waals surface area (Å²) in [4.78, 5) is 5.32. The number of aromatic nitrogens is 1. The molecule has 2 nitrogen and oxygen atoms in total. The minimum absolute atomic E-state index is 0.0995. The molecule has 0 N–H and O–H groups in total. The minimum Gasteiger partial charge on any atom is -0.368 e. The fourth-order valence-corrected chi connectivity index (χ4v) is 1.25. The summed E-state index contributed by atoms with van der Waals surface area (Å²) >= 11 is 0. The quantitative estimate of drug-likeness (QED) is 0.738. The van der Waals surface area contributed by atoms with Crippen molar-refractivity contribution in [2.24, 2.45) is 0 Å². The van der Waals surface area contributed by atoms with E-state index in [1.54, 1.807) is 11.9 Å². The van der Waals surface area contributed by atoms with E-state index < -0.39 is 11.7 Å². The number of anilines is 1. The molecule has 0 spiro atoms. The lowest BCUT2D eigenvalue weighted by Gasteiger charge is -2.35. The standard InChI is InChI=1S/C11H15F3N2/c1-10(2,3)16(4)9-7-15-6-5-8(9)11(12,13)14/h5-7H,1-4H3. The van der Waals surface area contributed by atoms with Gasteiger partial charge in [-0.25, -0.2) is 0 Å². The van der Waals surface area contributed by atoms with Gasteiger partial charge in [0.2, 0.25) is 0 Å². The van der Waals surface area contributed by atoms with Gasteiger partial charge in [0, 0.05) is 18.8 Å². The van der Waals surface area contributed by atoms with Gasteiger partial charge in [-0.3, -0.25) is 4.98 Å². The Morgan fingerprint density at radius 2 is 1.75 bits per heavy atom. The second-order valence-corrected chi connectivity index (χ2v) is 4.62. The molecular formula is C11H15F3N2. The van der Waals surface area contributed by atoms with Crippen molar-refractivity contribution >= 4 is 5.69 Å². The molecule has 16 heavy (non-hydrogen) atoms. The molecule has 0 atom stereocenters. The first kappa shape index (κ1) is 12.8. The maximum Gasteiger partial charge on any atom is 0.418 e. The first-order chi connectivity index (χ1) is 7.14. The zero-order valence-corrected chi connectivity index (χ0v) is 9.76. The van der Waals surface area contributed by atoms with Crippen molar-refractivity contribution < 1.29 is 13.2 Å². The van der Waals surface area contributed by atoms with Gasteiger partial charge in [0.25, 0.3) is 0 Å². The monoisotopic (exact) mass is 232 g/mol. The largest absolute Gasteiger partial charge is 0.418 e. The summed E-state index contributed by atoms with van der Waals surface area (Å²) in [5.74, 6) is 0. The van der Waals surface area contributed by atoms with Crippen LogP contribution in [-0.4, -0.2) is 17.6 Å². The first-order valence-electron chi connectivity index (χ1n) is 4.89. The fourth-order valence-electron chi connectivity index (χ4n) is 1.25. The smallest absolute Gasteiger partial charge is 0.368 e. The van der Waals surface area contributed by atoms with Gasteiger partial charge in [-0.05, 0) is 26.8 Å². The van der Waals surface area contributed by atoms with E-state index in [0.717, 1.165) is 12.3 Å². The Kier molecular flexibility index (Phi) is 3.17. The van der Waals surface area contributed by atoms with Gasteiger partial charge in [0.15, 0.2) is 0 Å². The van der Waals surface area contributed by atoms with Gasteiger partial charge >= 0.3 is 6.18 Å². The molecule has 90 valence electrons. The summed E-state index contributed by atoms with van der Waals surface area (Å²) in [7, 11) is 1.63. The second kappa shape index (κ2) is 3.96. The Hall–Kier alpha value is -1.26. The highest BCUT2D eigenvalue weighted by Gasteiger charge is 2.35. The molecule has 1 aromatic rings. The van der Waals surface area contributed by atoms with Crippen molar-refractivity contribution in [2.45, 2.75) is 32.5 Å². The summed E-state index contributed by atoms with van der Waals surface area (Å²) in [5, 5.41) is 0. The first-order valence-corrected chi connectivity index (χ1v) is 4.89. The van der Waals surface area contributed by atoms with Crippen LogP contribution in [0.15, 0.2) is 18.5 Å². The molecule has 0 radical (unpaired) electrons. The van der Waals surface area contributed by atoms with Crippen molar-refractivity contribution in [1.82, 2.24) is 4.98 Å². The summed E-state index contributed by atoms with van der Waals surface area (Å²) in [6.45, 7) is 5.54. The molecule has 5 heteroatoms. The third-order valence-electron chi connectivity index (χ3n) is 2.47. The van der Waals surface area contributed by atoms with Crippen molar-refractivity contribution in [2.75, 3.05) is 11.9 Å². The van der Waals surface area contributed by atoms with E-state index >= 15 is 0 Å². The number of alkyl halides is 3. The highest BCUT2D eigenvalue weighted by molar-refractivity contribution is 5.54. The Bertz CT molecular complexity index is 366. The molecule has 0 amide bonds. The third-order valence-corrected chi connectivity index (χ3v) is 2.47. The fraction of sp³-hybridized carbons (Fsp3) is 0.545. The molecule has 0 bridgehead atoms. The molecule has 0 aromatic carbocycles. The zero-order valence-electron chi connectivity index (χ0n) is 9.76. The van der Waals surface area contributed by atoms with Gasteiger partial charge in [0.1, 0.15) is 0 Å². The van der Waals surface area contributed by atoms with E-state index in [-0.39, 0.29) is 11.2 Å². The molecule has 0 unspecified atom stereocenters. The van der Waals surface area contributed by atoms with Gasteiger partial charge in [-0.15, -0.1) is 0 Å². The number of rotatable bonds is 1. The second-order valence-electron chi connectivity index (χ2n) is 4.62. The van der Waals surface area contributed by atoms with Gasteiger partial charge in [0.05, 0.1) is 17.4 Å². The molecule has 1 rings (SSSR count). The van der Waals surface area contributed by atoms with Crippen LogP contribution in [0.5, 0.6) is 0 Å². The van der Waals surface area contributed by atoms with Crippen molar-refractivity contribution in [3.63, 3.8) is 0 Å². The van der Waals surface area contributed by atoms with Crippen molar-refractivity contribution in [3.05, 3.63) is 24.0 Å². The van der Waals surface area contributed by atoms with Crippen LogP contribution in [-0.2, 0) is 6.18 Å². The number of hydrogen-bond donors (Lipinski definition) is 0. The molecule has 0 saturated heterocycles. The van der Waals surface area contributed by atoms with Crippen LogP contribution in [0.25, 0.3) is 0 Å². The van der Waals surface area contributed by atoms with E-state index in [4.69, 9.17) is 0 Å². The molecule has 0 aliphatic rings. The zero-order chi connectivity index (χ0) is 12.6. The highest BCUT2D eigenvalue weighted by atomic mass is 19.4. The summed E-state index contributed by atoms with van der Waals surface area (Å²) < 4.78 is 38.2. The van der Waals surface area contributed by atoms with Crippen LogP contribution in [0.4, 0.5) is 18.9 Å². The SMILES string of the molecule is CN(c1cnccc1C(F)(F)F)C(C)(C)C. The van der Waals surface area contributed by atoms with Gasteiger partial charge in [-0.2, -0.15) is 13.2 Å². The molecule has 1 aromatic heterocycles. The molecule has 0 aliphatic carbocycles. The Balaban J connectivity index is 3.25. The van der Waals surface area contributed by atoms with Crippen LogP contribution in [0, 0.1) is 0 Å². The average molecular weight is 232 g/mol. The van der Waals surface area contributed by atoms with Gasteiger partial charge < -0.3 is 4.90 Å². The molecule has 0 aliphatic heterocycles. The maximum atomic E-state index is 12.7. The van der Waals surface area contributed by atoms with E-state index in [9.17, 15) is 13.2 Å². The van der Waals surface area contributed by atoms with Crippen LogP contribution < -0.4 is 4.90 Å². The summed E-state index contributed by atoms with van der Waals surface area (Å²) in [5.41, 5.74) is -0.939. The van der Waals surface area contributed by atoms with Crippen LogP contribution in [0.1, 0.15) is 26.3 Å². The van der Waals surface area contributed by atoms with Crippen LogP contribution in [0.2, 0.25) is 0 Å². The van der Waals surface area contributed by atoms with Crippen molar-refractivity contribution in [3.8, 4) is 0 Å². The number of halogens is 3. The predicted octanol–water partition coefficient (Wildman–Crippen LogP) is 3.34. The Labute approximate surface area is 93.1 Å². The van der Waals surface area contributed by atoms with Crippen LogP contribution in [0.3, 0.4) is 0 Å². The lowest BCUT2D eigenvalue weighted by molar-refractivity contribution is -0.137. The molecular weight excluding hydrogens is 217 g/mol. The van der Waals surface area contributed by atoms with E-state index in [1.165, 1.54) is 6.20 Å². The minimum atomic E-state index is -4.35. The highest BCUT2D eigenvalue weighted by Crippen LogP contribution is 2.37. The maximum absolute atomic E-state index is 12.7. The predicted molar refractivity (Wildman–Crippen MR) is 57.4 cm³/mol. The Morgan fingerprint density at radius 3 is 2.19 bits per heavy atom. The van der Waals surface area contributed by atoms with E-state index in [0.29, 0.717) is 0 Å². The van der Waals surface area contributed by atoms with Crippen LogP contribution >= 0.6 is 0 Å². The van der Waals surface area contributed by atoms with Crippen molar-refractivity contribution in [1.29, 1.82) is 0 Å². The molecule has 0 saturated carbocycles. The summed E-state index contributed by atoms with van der Waals surface area (Å²) in [6, 6.07) is 0.998. The lowest BCUT2D eigenvalue weighted by atomic mass is 10.0. The Morgan fingerprint density at radius 1 is 1.19 bits per heavy atom. The third kappa shape index (κ3) is 2.65. The number of pyridine rings is 1. The number of hydrogen-bond acceptors (Lipinski definition) is 2. The summed E-state index contributed by atoms with van der Waals surface area (Å²) in [6.07, 6.45) is -1.95. The molecule has 1 heterocycles. The number of nitrogens with zero attached hydrogens (tertiary/aromatic N) is 2. The van der Waals surface area contributed by atoms with E-state index in [2.05, 4.69) is 4.98 Å². The average Bonchev–Trinajstić information content (AvgIpc) is 2.14. The van der Waals surface area contributed by atoms with E-state index in [1.807, 2.05) is 20.8 Å². The normalized spacial score (nSPS) is 12.7. The topological polar surface area (TPSA) is 16.1 Å². The van der Waals surface area contributed by atoms with Gasteiger partial charge in [-0.1, -0.05) is 0 Å².